The smallest absolute Gasteiger partial charge is 0.355 e. The predicted molar refractivity (Wildman–Crippen MR) is 56.8 cm³/mol. The molecule has 0 saturated carbocycles. The molecule has 0 atom stereocenters. The first-order valence-corrected chi connectivity index (χ1v) is 5.65. The lowest BCUT2D eigenvalue weighted by molar-refractivity contribution is 0.0691. The first-order valence-electron chi connectivity index (χ1n) is 4.77. The van der Waals surface area contributed by atoms with Crippen LogP contribution < -0.4 is 0 Å². The minimum absolute atomic E-state index is 0.176. The first-order chi connectivity index (χ1) is 6.59. The van der Waals surface area contributed by atoms with Crippen molar-refractivity contribution in [3.8, 4) is 0 Å². The number of carboxylic acids is 1. The molecule has 0 radical (unpaired) electrons. The number of nitrogens with zero attached hydrogens (tertiary/aromatic N) is 1. The molecule has 0 aliphatic rings. The largest absolute Gasteiger partial charge is 0.476 e. The van der Waals surface area contributed by atoms with Crippen LogP contribution in [0.25, 0.3) is 0 Å². The van der Waals surface area contributed by atoms with Gasteiger partial charge in [-0.25, -0.2) is 9.78 Å². The van der Waals surface area contributed by atoms with Crippen LogP contribution in [0.5, 0.6) is 0 Å². The minimum atomic E-state index is -0.934. The summed E-state index contributed by atoms with van der Waals surface area (Å²) in [6, 6.07) is 0. The quantitative estimate of drug-likeness (QED) is 0.818. The van der Waals surface area contributed by atoms with Gasteiger partial charge in [0.15, 0.2) is 5.69 Å². The summed E-state index contributed by atoms with van der Waals surface area (Å²) in [5.41, 5.74) is 0.176. The zero-order valence-corrected chi connectivity index (χ0v) is 9.30. The average molecular weight is 213 g/mol. The summed E-state index contributed by atoms with van der Waals surface area (Å²) in [7, 11) is 0. The van der Waals surface area contributed by atoms with E-state index in [1.54, 1.807) is 5.38 Å². The van der Waals surface area contributed by atoms with E-state index >= 15 is 0 Å². The molecule has 0 aromatic carbocycles. The van der Waals surface area contributed by atoms with Crippen molar-refractivity contribution in [2.75, 3.05) is 0 Å². The number of hydrogen-bond donors (Lipinski definition) is 1. The first kappa shape index (κ1) is 11.2. The number of aromatic carboxylic acids is 1. The van der Waals surface area contributed by atoms with E-state index in [0.717, 1.165) is 17.8 Å². The molecule has 0 aliphatic carbocycles. The van der Waals surface area contributed by atoms with Crippen molar-refractivity contribution in [1.82, 2.24) is 4.98 Å². The fourth-order valence-corrected chi connectivity index (χ4v) is 2.00. The second-order valence-electron chi connectivity index (χ2n) is 3.72. The van der Waals surface area contributed by atoms with Crippen molar-refractivity contribution in [2.24, 2.45) is 5.92 Å². The topological polar surface area (TPSA) is 50.2 Å². The Bertz CT molecular complexity index is 307. The molecule has 14 heavy (non-hydrogen) atoms. The van der Waals surface area contributed by atoms with Gasteiger partial charge < -0.3 is 5.11 Å². The van der Waals surface area contributed by atoms with Crippen molar-refractivity contribution in [3.63, 3.8) is 0 Å². The van der Waals surface area contributed by atoms with E-state index in [1.165, 1.54) is 17.8 Å². The number of carbonyl (C=O) groups is 1. The van der Waals surface area contributed by atoms with Crippen molar-refractivity contribution < 1.29 is 9.90 Å². The zero-order chi connectivity index (χ0) is 10.6. The lowest BCUT2D eigenvalue weighted by atomic mass is 10.1. The number of carboxylic acid groups (broad SMARTS) is 1. The van der Waals surface area contributed by atoms with Crippen LogP contribution in [0.15, 0.2) is 5.38 Å². The number of thiazole rings is 1. The Morgan fingerprint density at radius 3 is 2.86 bits per heavy atom. The molecule has 0 aliphatic heterocycles. The van der Waals surface area contributed by atoms with E-state index in [9.17, 15) is 4.79 Å². The average Bonchev–Trinajstić information content (AvgIpc) is 2.52. The Morgan fingerprint density at radius 2 is 2.36 bits per heavy atom. The van der Waals surface area contributed by atoms with Gasteiger partial charge in [-0.05, 0) is 18.8 Å². The molecule has 1 aromatic rings. The molecule has 0 spiro atoms. The van der Waals surface area contributed by atoms with Gasteiger partial charge in [0.1, 0.15) is 0 Å². The summed E-state index contributed by atoms with van der Waals surface area (Å²) in [4.78, 5) is 14.6. The Balaban J connectivity index is 2.40. The van der Waals surface area contributed by atoms with E-state index < -0.39 is 5.97 Å². The molecule has 4 heteroatoms. The summed E-state index contributed by atoms with van der Waals surface area (Å²) < 4.78 is 0. The molecule has 0 amide bonds. The van der Waals surface area contributed by atoms with Gasteiger partial charge in [0.05, 0.1) is 5.01 Å². The maximum atomic E-state index is 10.5. The SMILES string of the molecule is CC(C)CCCc1nc(C(=O)O)cs1. The predicted octanol–water partition coefficient (Wildman–Crippen LogP) is 2.82. The van der Waals surface area contributed by atoms with Crippen LogP contribution >= 0.6 is 11.3 Å². The molecular weight excluding hydrogens is 198 g/mol. The molecule has 78 valence electrons. The number of aryl methyl sites for hydroxylation is 1. The lowest BCUT2D eigenvalue weighted by Gasteiger charge is -2.01. The second kappa shape index (κ2) is 5.10. The van der Waals surface area contributed by atoms with Gasteiger partial charge in [-0.2, -0.15) is 0 Å². The van der Waals surface area contributed by atoms with E-state index in [-0.39, 0.29) is 5.69 Å². The monoisotopic (exact) mass is 213 g/mol. The number of rotatable bonds is 5. The van der Waals surface area contributed by atoms with Gasteiger partial charge in [0, 0.05) is 5.38 Å². The van der Waals surface area contributed by atoms with Crippen LogP contribution in [0, 0.1) is 5.92 Å². The van der Waals surface area contributed by atoms with E-state index in [0.29, 0.717) is 5.92 Å². The third kappa shape index (κ3) is 3.46. The highest BCUT2D eigenvalue weighted by Crippen LogP contribution is 2.14. The van der Waals surface area contributed by atoms with Crippen LogP contribution in [0.2, 0.25) is 0 Å². The van der Waals surface area contributed by atoms with Gasteiger partial charge >= 0.3 is 5.97 Å². The van der Waals surface area contributed by atoms with Gasteiger partial charge in [0.2, 0.25) is 0 Å². The molecule has 0 bridgehead atoms. The van der Waals surface area contributed by atoms with Gasteiger partial charge in [-0.15, -0.1) is 11.3 Å². The van der Waals surface area contributed by atoms with E-state index in [1.807, 2.05) is 0 Å². The maximum Gasteiger partial charge on any atom is 0.355 e. The minimum Gasteiger partial charge on any atom is -0.476 e. The maximum absolute atomic E-state index is 10.5. The lowest BCUT2D eigenvalue weighted by Crippen LogP contribution is -1.97. The van der Waals surface area contributed by atoms with Crippen LogP contribution in [0.4, 0.5) is 0 Å². The fourth-order valence-electron chi connectivity index (χ4n) is 1.19. The highest BCUT2D eigenvalue weighted by Gasteiger charge is 2.08. The molecule has 1 N–H and O–H groups in total. The van der Waals surface area contributed by atoms with Gasteiger partial charge in [-0.1, -0.05) is 20.3 Å². The van der Waals surface area contributed by atoms with E-state index in [2.05, 4.69) is 18.8 Å². The summed E-state index contributed by atoms with van der Waals surface area (Å²) in [6.07, 6.45) is 3.16. The van der Waals surface area contributed by atoms with Crippen molar-refractivity contribution >= 4 is 17.3 Å². The highest BCUT2D eigenvalue weighted by atomic mass is 32.1. The molecule has 1 rings (SSSR count). The standard InChI is InChI=1S/C10H15NO2S/c1-7(2)4-3-5-9-11-8(6-14-9)10(12)13/h6-7H,3-5H2,1-2H3,(H,12,13). The second-order valence-corrected chi connectivity index (χ2v) is 4.66. The molecule has 0 fully saturated rings. The molecule has 1 aromatic heterocycles. The summed E-state index contributed by atoms with van der Waals surface area (Å²) >= 11 is 1.44. The van der Waals surface area contributed by atoms with Crippen molar-refractivity contribution in [1.29, 1.82) is 0 Å². The molecule has 3 nitrogen and oxygen atoms in total. The summed E-state index contributed by atoms with van der Waals surface area (Å²) in [6.45, 7) is 4.37. The normalized spacial score (nSPS) is 10.8. The van der Waals surface area contributed by atoms with Crippen molar-refractivity contribution in [3.05, 3.63) is 16.1 Å². The van der Waals surface area contributed by atoms with Gasteiger partial charge in [0.25, 0.3) is 0 Å². The van der Waals surface area contributed by atoms with Crippen LogP contribution in [-0.4, -0.2) is 16.1 Å². The Morgan fingerprint density at radius 1 is 1.64 bits per heavy atom. The highest BCUT2D eigenvalue weighted by molar-refractivity contribution is 7.09. The molecule has 1 heterocycles. The number of aromatic nitrogens is 1. The van der Waals surface area contributed by atoms with E-state index in [4.69, 9.17) is 5.11 Å². The Hall–Kier alpha value is -0.900. The summed E-state index contributed by atoms with van der Waals surface area (Å²) in [5, 5.41) is 11.2. The third-order valence-corrected chi connectivity index (χ3v) is 2.85. The fraction of sp³-hybridized carbons (Fsp3) is 0.600. The van der Waals surface area contributed by atoms with Crippen molar-refractivity contribution in [2.45, 2.75) is 33.1 Å². The zero-order valence-electron chi connectivity index (χ0n) is 8.49. The third-order valence-electron chi connectivity index (χ3n) is 1.94. The Labute approximate surface area is 87.8 Å². The van der Waals surface area contributed by atoms with Crippen LogP contribution in [0.3, 0.4) is 0 Å². The van der Waals surface area contributed by atoms with Gasteiger partial charge in [-0.3, -0.25) is 0 Å². The Kier molecular flexibility index (Phi) is 4.07. The molecule has 0 unspecified atom stereocenters. The number of hydrogen-bond acceptors (Lipinski definition) is 3. The molecule has 0 saturated heterocycles. The summed E-state index contributed by atoms with van der Waals surface area (Å²) in [5.74, 6) is -0.231. The molecular formula is C10H15NO2S. The van der Waals surface area contributed by atoms with Crippen LogP contribution in [0.1, 0.15) is 42.2 Å². The van der Waals surface area contributed by atoms with Crippen LogP contribution in [-0.2, 0) is 6.42 Å².